The van der Waals surface area contributed by atoms with Crippen molar-refractivity contribution in [3.63, 3.8) is 0 Å². The molecule has 0 saturated carbocycles. The van der Waals surface area contributed by atoms with Crippen LogP contribution in [0.2, 0.25) is 0 Å². The van der Waals surface area contributed by atoms with Gasteiger partial charge < -0.3 is 9.64 Å². The molecular weight excluding hydrogens is 327 g/mol. The van der Waals surface area contributed by atoms with Gasteiger partial charge in [-0.15, -0.1) is 0 Å². The van der Waals surface area contributed by atoms with Crippen molar-refractivity contribution in [2.75, 3.05) is 27.2 Å². The molecule has 1 saturated heterocycles. The van der Waals surface area contributed by atoms with E-state index in [2.05, 4.69) is 31.1 Å². The quantitative estimate of drug-likeness (QED) is 0.783. The van der Waals surface area contributed by atoms with E-state index >= 15 is 0 Å². The SMILES string of the molecule is CC1=C2C(=CCC(C#N)=C1)CO[C@@]2(CCCN(C)C)c1ccc(F)cc1. The minimum Gasteiger partial charge on any atom is -0.361 e. The Morgan fingerprint density at radius 2 is 2.00 bits per heavy atom. The van der Waals surface area contributed by atoms with E-state index < -0.39 is 5.60 Å². The van der Waals surface area contributed by atoms with Gasteiger partial charge in [0, 0.05) is 12.0 Å². The van der Waals surface area contributed by atoms with Gasteiger partial charge in [0.05, 0.1) is 12.7 Å². The Morgan fingerprint density at radius 3 is 2.65 bits per heavy atom. The van der Waals surface area contributed by atoms with Gasteiger partial charge in [0.2, 0.25) is 0 Å². The van der Waals surface area contributed by atoms with Crippen molar-refractivity contribution < 1.29 is 9.13 Å². The number of rotatable bonds is 5. The summed E-state index contributed by atoms with van der Waals surface area (Å²) in [5, 5.41) is 9.33. The van der Waals surface area contributed by atoms with E-state index in [0.717, 1.165) is 47.2 Å². The average molecular weight is 352 g/mol. The third-order valence-electron chi connectivity index (χ3n) is 5.14. The maximum atomic E-state index is 13.5. The highest BCUT2D eigenvalue weighted by Gasteiger charge is 2.44. The van der Waals surface area contributed by atoms with E-state index in [0.29, 0.717) is 13.0 Å². The molecule has 3 rings (SSSR count). The van der Waals surface area contributed by atoms with Crippen molar-refractivity contribution in [3.05, 3.63) is 70.1 Å². The summed E-state index contributed by atoms with van der Waals surface area (Å²) in [6.07, 6.45) is 6.49. The second kappa shape index (κ2) is 7.57. The molecule has 2 aliphatic rings. The molecule has 0 unspecified atom stereocenters. The Balaban J connectivity index is 2.10. The van der Waals surface area contributed by atoms with Crippen LogP contribution in [-0.4, -0.2) is 32.1 Å². The largest absolute Gasteiger partial charge is 0.361 e. The van der Waals surface area contributed by atoms with Crippen LogP contribution in [0.15, 0.2) is 58.7 Å². The molecule has 0 aromatic heterocycles. The number of benzene rings is 1. The minimum absolute atomic E-state index is 0.246. The van der Waals surface area contributed by atoms with E-state index in [1.165, 1.54) is 12.1 Å². The van der Waals surface area contributed by atoms with Crippen LogP contribution in [-0.2, 0) is 10.3 Å². The van der Waals surface area contributed by atoms with E-state index in [1.807, 2.05) is 25.1 Å². The van der Waals surface area contributed by atoms with E-state index in [1.54, 1.807) is 0 Å². The number of fused-ring (bicyclic) bond motifs is 1. The number of hydrogen-bond donors (Lipinski definition) is 0. The Bertz CT molecular complexity index is 812. The van der Waals surface area contributed by atoms with Crippen LogP contribution in [0.1, 0.15) is 31.7 Å². The van der Waals surface area contributed by atoms with Gasteiger partial charge in [-0.3, -0.25) is 0 Å². The number of ether oxygens (including phenoxy) is 1. The molecule has 1 heterocycles. The number of nitrogens with zero attached hydrogens (tertiary/aromatic N) is 2. The van der Waals surface area contributed by atoms with Crippen molar-refractivity contribution >= 4 is 0 Å². The van der Waals surface area contributed by atoms with Crippen LogP contribution in [0, 0.1) is 17.1 Å². The lowest BCUT2D eigenvalue weighted by molar-refractivity contribution is 0.0131. The van der Waals surface area contributed by atoms with E-state index in [-0.39, 0.29) is 5.82 Å². The minimum atomic E-state index is -0.582. The van der Waals surface area contributed by atoms with Crippen LogP contribution in [0.3, 0.4) is 0 Å². The normalized spacial score (nSPS) is 22.6. The first kappa shape index (κ1) is 18.6. The highest BCUT2D eigenvalue weighted by atomic mass is 19.1. The zero-order chi connectivity index (χ0) is 18.7. The van der Waals surface area contributed by atoms with Gasteiger partial charge in [0.25, 0.3) is 0 Å². The van der Waals surface area contributed by atoms with Crippen molar-refractivity contribution in [3.8, 4) is 6.07 Å². The fourth-order valence-corrected chi connectivity index (χ4v) is 3.97. The first-order chi connectivity index (χ1) is 12.5. The summed E-state index contributed by atoms with van der Waals surface area (Å²) < 4.78 is 19.9. The second-order valence-electron chi connectivity index (χ2n) is 7.30. The molecule has 0 bridgehead atoms. The predicted octanol–water partition coefficient (Wildman–Crippen LogP) is 4.49. The molecule has 0 amide bonds. The Morgan fingerprint density at radius 1 is 1.27 bits per heavy atom. The topological polar surface area (TPSA) is 36.3 Å². The first-order valence-corrected chi connectivity index (χ1v) is 9.02. The predicted molar refractivity (Wildman–Crippen MR) is 101 cm³/mol. The molecule has 0 spiro atoms. The molecule has 0 radical (unpaired) electrons. The third kappa shape index (κ3) is 3.51. The summed E-state index contributed by atoms with van der Waals surface area (Å²) in [5.41, 5.74) is 4.52. The van der Waals surface area contributed by atoms with E-state index in [9.17, 15) is 9.65 Å². The smallest absolute Gasteiger partial charge is 0.123 e. The molecule has 1 aliphatic carbocycles. The van der Waals surface area contributed by atoms with Gasteiger partial charge in [-0.05, 0) is 80.9 Å². The molecule has 0 N–H and O–H groups in total. The van der Waals surface area contributed by atoms with Crippen molar-refractivity contribution in [1.82, 2.24) is 4.90 Å². The maximum absolute atomic E-state index is 13.5. The Kier molecular flexibility index (Phi) is 5.41. The monoisotopic (exact) mass is 352 g/mol. The average Bonchev–Trinajstić information content (AvgIpc) is 2.89. The third-order valence-corrected chi connectivity index (χ3v) is 5.14. The van der Waals surface area contributed by atoms with Crippen molar-refractivity contribution in [2.24, 2.45) is 0 Å². The van der Waals surface area contributed by atoms with Crippen molar-refractivity contribution in [1.29, 1.82) is 5.26 Å². The van der Waals surface area contributed by atoms with Gasteiger partial charge >= 0.3 is 0 Å². The van der Waals surface area contributed by atoms with Gasteiger partial charge in [-0.1, -0.05) is 18.2 Å². The molecule has 1 atom stereocenters. The number of halogens is 1. The van der Waals surface area contributed by atoms with Crippen LogP contribution < -0.4 is 0 Å². The van der Waals surface area contributed by atoms with Crippen LogP contribution in [0.25, 0.3) is 0 Å². The molecular formula is C22H25FN2O. The summed E-state index contributed by atoms with van der Waals surface area (Å²) in [7, 11) is 4.12. The summed E-state index contributed by atoms with van der Waals surface area (Å²) in [6, 6.07) is 8.93. The van der Waals surface area contributed by atoms with Gasteiger partial charge in [0.1, 0.15) is 11.4 Å². The summed E-state index contributed by atoms with van der Waals surface area (Å²) >= 11 is 0. The highest BCUT2D eigenvalue weighted by molar-refractivity contribution is 5.56. The van der Waals surface area contributed by atoms with Gasteiger partial charge in [-0.2, -0.15) is 5.26 Å². The fraction of sp³-hybridized carbons (Fsp3) is 0.409. The summed E-state index contributed by atoms with van der Waals surface area (Å²) in [6.45, 7) is 3.53. The fourth-order valence-electron chi connectivity index (χ4n) is 3.97. The first-order valence-electron chi connectivity index (χ1n) is 9.02. The molecule has 136 valence electrons. The number of nitriles is 1. The molecule has 1 fully saturated rings. The maximum Gasteiger partial charge on any atom is 0.123 e. The summed E-state index contributed by atoms with van der Waals surface area (Å²) in [5.74, 6) is -0.246. The zero-order valence-corrected chi connectivity index (χ0v) is 15.7. The Labute approximate surface area is 155 Å². The molecule has 1 aromatic carbocycles. The standard InChI is InChI=1S/C22H25FN2O/c1-16-13-17(14-24)5-6-18-15-26-22(21(16)18,11-4-12-25(2)3)19-7-9-20(23)10-8-19/h6-10,13H,4-5,11-12,15H2,1-3H3/t22-/m0/s1. The molecule has 26 heavy (non-hydrogen) atoms. The lowest BCUT2D eigenvalue weighted by atomic mass is 9.78. The number of allylic oxidation sites excluding steroid dienone is 4. The van der Waals surface area contributed by atoms with Crippen LogP contribution in [0.5, 0.6) is 0 Å². The van der Waals surface area contributed by atoms with Crippen LogP contribution in [0.4, 0.5) is 4.39 Å². The highest BCUT2D eigenvalue weighted by Crippen LogP contribution is 2.49. The molecule has 4 heteroatoms. The molecule has 1 aromatic rings. The van der Waals surface area contributed by atoms with Gasteiger partial charge in [0.15, 0.2) is 0 Å². The summed E-state index contributed by atoms with van der Waals surface area (Å²) in [4.78, 5) is 2.16. The molecule has 1 aliphatic heterocycles. The van der Waals surface area contributed by atoms with Crippen LogP contribution >= 0.6 is 0 Å². The van der Waals surface area contributed by atoms with Crippen molar-refractivity contribution in [2.45, 2.75) is 31.8 Å². The second-order valence-corrected chi connectivity index (χ2v) is 7.30. The lowest BCUT2D eigenvalue weighted by Gasteiger charge is -2.32. The van der Waals surface area contributed by atoms with Gasteiger partial charge in [-0.25, -0.2) is 4.39 Å². The Hall–Kier alpha value is -2.22. The lowest BCUT2D eigenvalue weighted by Crippen LogP contribution is -2.29. The van der Waals surface area contributed by atoms with E-state index in [4.69, 9.17) is 4.74 Å². The number of hydrogen-bond acceptors (Lipinski definition) is 3. The molecule has 3 nitrogen and oxygen atoms in total. The zero-order valence-electron chi connectivity index (χ0n) is 15.7.